The number of H-pyrrole nitrogens is 1. The molecule has 0 spiro atoms. The monoisotopic (exact) mass is 659 g/mol. The molecule has 22 nitrogen and oxygen atoms in total. The van der Waals surface area contributed by atoms with Crippen molar-refractivity contribution in [3.63, 3.8) is 0 Å². The van der Waals surface area contributed by atoms with Gasteiger partial charge in [-0.25, -0.2) is 18.5 Å². The molecule has 0 amide bonds. The molecule has 2 fully saturated rings. The number of phosphoric acid groups is 3. The summed E-state index contributed by atoms with van der Waals surface area (Å²) < 4.78 is 64.7. The van der Waals surface area contributed by atoms with Crippen molar-refractivity contribution in [2.24, 2.45) is 0 Å². The van der Waals surface area contributed by atoms with Crippen molar-refractivity contribution in [2.75, 3.05) is 20.3 Å². The van der Waals surface area contributed by atoms with Gasteiger partial charge in [0.1, 0.15) is 36.6 Å². The molecule has 2 saturated heterocycles. The topological polar surface area (TPSA) is 335 Å². The van der Waals surface area contributed by atoms with E-state index in [2.05, 4.69) is 23.0 Å². The highest BCUT2D eigenvalue weighted by atomic mass is 31.3. The number of nitrogens with one attached hydrogen (secondary N) is 2. The Balaban J connectivity index is 1.61. The molecule has 1 aromatic rings. The van der Waals surface area contributed by atoms with E-state index in [4.69, 9.17) is 9.47 Å². The van der Waals surface area contributed by atoms with Crippen LogP contribution in [0.4, 0.5) is 0 Å². The summed E-state index contributed by atoms with van der Waals surface area (Å²) in [7, 11) is -16.2. The largest absolute Gasteiger partial charge is 0.490 e. The fourth-order valence-corrected chi connectivity index (χ4v) is 7.42. The molecule has 0 saturated carbocycles. The summed E-state index contributed by atoms with van der Waals surface area (Å²) in [4.78, 5) is 54.5. The number of ether oxygens (including phenoxy) is 2. The first-order chi connectivity index (χ1) is 18.9. The van der Waals surface area contributed by atoms with E-state index in [9.17, 15) is 63.5 Å². The summed E-state index contributed by atoms with van der Waals surface area (Å²) in [5.41, 5.74) is -1.80. The number of nitrogens with zero attached hydrogens (tertiary/aromatic N) is 1. The Morgan fingerprint density at radius 1 is 0.927 bits per heavy atom. The maximum atomic E-state index is 12.3. The van der Waals surface area contributed by atoms with Crippen molar-refractivity contribution in [2.45, 2.75) is 55.2 Å². The van der Waals surface area contributed by atoms with E-state index in [1.165, 1.54) is 7.05 Å². The van der Waals surface area contributed by atoms with Gasteiger partial charge >= 0.3 is 29.2 Å². The lowest BCUT2D eigenvalue weighted by atomic mass is 9.97. The van der Waals surface area contributed by atoms with Crippen LogP contribution in [0.15, 0.2) is 21.9 Å². The van der Waals surface area contributed by atoms with Gasteiger partial charge in [-0.05, 0) is 7.05 Å². The van der Waals surface area contributed by atoms with Crippen LogP contribution >= 0.6 is 23.5 Å². The Hall–Kier alpha value is -1.23. The molecule has 3 rings (SSSR count). The standard InChI is InChI=1S/C16H28N3O19P3/c1-17-9-12(24)10(22)6(4-20)35-15(9)36-40(29,30)38-41(31,32)37-39(27,28)33-5-7-11(23)13(25)14(34-7)19-3-2-8(21)18-16(19)26/h2-3,6-7,9-15,17,20,22-25H,4-5H2,1H3,(H,27,28)(H,29,30)(H,31,32)(H,18,21,26)/t6-,7-,9-,10-,11+,12-,13-,14-,15-/m1/s1. The molecular weight excluding hydrogens is 631 g/mol. The van der Waals surface area contributed by atoms with Gasteiger partial charge in [0.05, 0.1) is 19.3 Å². The molecule has 41 heavy (non-hydrogen) atoms. The predicted octanol–water partition coefficient (Wildman–Crippen LogP) is -4.45. The molecule has 1 aromatic heterocycles. The van der Waals surface area contributed by atoms with Crippen LogP contribution in [0, 0.1) is 0 Å². The number of phosphoric ester groups is 2. The molecule has 3 unspecified atom stereocenters. The lowest BCUT2D eigenvalue weighted by Gasteiger charge is -2.41. The molecule has 2 aliphatic rings. The van der Waals surface area contributed by atoms with Gasteiger partial charge in [0.2, 0.25) is 0 Å². The minimum absolute atomic E-state index is 0.690. The number of aromatic nitrogens is 2. The van der Waals surface area contributed by atoms with Gasteiger partial charge < -0.3 is 55.0 Å². The Labute approximate surface area is 228 Å². The van der Waals surface area contributed by atoms with E-state index in [0.29, 0.717) is 4.57 Å². The quantitative estimate of drug-likeness (QED) is 0.0946. The molecule has 2 aliphatic heterocycles. The Morgan fingerprint density at radius 2 is 1.54 bits per heavy atom. The Bertz CT molecular complexity index is 1320. The van der Waals surface area contributed by atoms with E-state index in [1.807, 2.05) is 4.98 Å². The van der Waals surface area contributed by atoms with Crippen LogP contribution in [0.5, 0.6) is 0 Å². The van der Waals surface area contributed by atoms with Gasteiger partial charge in [-0.15, -0.1) is 0 Å². The summed E-state index contributed by atoms with van der Waals surface area (Å²) in [5, 5.41) is 51.9. The van der Waals surface area contributed by atoms with Crippen molar-refractivity contribution in [1.82, 2.24) is 14.9 Å². The molecular formula is C16H28N3O19P3. The third-order valence-electron chi connectivity index (χ3n) is 5.73. The number of aromatic amines is 1. The predicted molar refractivity (Wildman–Crippen MR) is 127 cm³/mol. The third kappa shape index (κ3) is 8.45. The van der Waals surface area contributed by atoms with Gasteiger partial charge in [-0.2, -0.15) is 8.62 Å². The lowest BCUT2D eigenvalue weighted by molar-refractivity contribution is -0.247. The Morgan fingerprint density at radius 3 is 2.12 bits per heavy atom. The number of likely N-dealkylation sites (N-methyl/N-ethyl adjacent to an activating group) is 1. The van der Waals surface area contributed by atoms with Crippen LogP contribution in [-0.2, 0) is 40.8 Å². The molecule has 0 aliphatic carbocycles. The molecule has 236 valence electrons. The normalized spacial score (nSPS) is 36.8. The summed E-state index contributed by atoms with van der Waals surface area (Å²) >= 11 is 0. The molecule has 10 N–H and O–H groups in total. The maximum Gasteiger partial charge on any atom is 0.490 e. The Kier molecular flexibility index (Phi) is 11.0. The summed E-state index contributed by atoms with van der Waals surface area (Å²) in [6.07, 6.45) is -12.9. The zero-order valence-corrected chi connectivity index (χ0v) is 23.3. The average Bonchev–Trinajstić information content (AvgIpc) is 3.12. The van der Waals surface area contributed by atoms with Crippen molar-refractivity contribution in [3.8, 4) is 0 Å². The summed E-state index contributed by atoms with van der Waals surface area (Å²) in [5.74, 6) is 0. The number of rotatable bonds is 12. The fraction of sp³-hybridized carbons (Fsp3) is 0.750. The zero-order chi connectivity index (χ0) is 30.9. The number of aliphatic hydroxyl groups excluding tert-OH is 5. The first-order valence-corrected chi connectivity index (χ1v) is 15.8. The van der Waals surface area contributed by atoms with Crippen LogP contribution in [0.2, 0.25) is 0 Å². The summed E-state index contributed by atoms with van der Waals surface area (Å²) in [6.45, 7) is -1.99. The first kappa shape index (κ1) is 34.3. The second kappa shape index (κ2) is 13.2. The van der Waals surface area contributed by atoms with E-state index < -0.39 is 103 Å². The molecule has 0 aromatic carbocycles. The second-order valence-corrected chi connectivity index (χ2v) is 13.1. The summed E-state index contributed by atoms with van der Waals surface area (Å²) in [6, 6.07) is -0.533. The highest BCUT2D eigenvalue weighted by Crippen LogP contribution is 2.68. The van der Waals surface area contributed by atoms with E-state index >= 15 is 0 Å². The highest BCUT2D eigenvalue weighted by Gasteiger charge is 2.50. The third-order valence-corrected chi connectivity index (χ3v) is 9.98. The molecule has 12 atom stereocenters. The molecule has 0 bridgehead atoms. The SMILES string of the molecule is CN[C@H]1[C@@H](OP(=O)(O)OP(=O)(O)OP(=O)(O)OC[C@H]2O[C@@H](n3ccc(=O)[nH]c3=O)[C@H](O)[C@H]2O)O[C@H](CO)[C@@H](O)[C@@H]1O. The lowest BCUT2D eigenvalue weighted by Crippen LogP contribution is -2.63. The van der Waals surface area contributed by atoms with E-state index in [-0.39, 0.29) is 0 Å². The van der Waals surface area contributed by atoms with Gasteiger partial charge in [-0.3, -0.25) is 23.4 Å². The first-order valence-electron chi connectivity index (χ1n) is 11.3. The van der Waals surface area contributed by atoms with E-state index in [1.54, 1.807) is 0 Å². The number of aliphatic hydroxyl groups is 5. The second-order valence-electron chi connectivity index (χ2n) is 8.55. The van der Waals surface area contributed by atoms with Crippen molar-refractivity contribution in [3.05, 3.63) is 33.1 Å². The van der Waals surface area contributed by atoms with Gasteiger partial charge in [0.15, 0.2) is 12.5 Å². The molecule has 25 heteroatoms. The molecule has 3 heterocycles. The van der Waals surface area contributed by atoms with Gasteiger partial charge in [0, 0.05) is 12.3 Å². The minimum Gasteiger partial charge on any atom is -0.394 e. The fourth-order valence-electron chi connectivity index (χ4n) is 3.82. The van der Waals surface area contributed by atoms with Crippen LogP contribution in [0.25, 0.3) is 0 Å². The minimum atomic E-state index is -5.99. The van der Waals surface area contributed by atoms with Gasteiger partial charge in [0.25, 0.3) is 5.56 Å². The van der Waals surface area contributed by atoms with Gasteiger partial charge in [-0.1, -0.05) is 0 Å². The van der Waals surface area contributed by atoms with E-state index in [0.717, 1.165) is 12.3 Å². The van der Waals surface area contributed by atoms with Crippen molar-refractivity contribution < 1.29 is 81.1 Å². The smallest absolute Gasteiger partial charge is 0.394 e. The van der Waals surface area contributed by atoms with Crippen LogP contribution < -0.4 is 16.6 Å². The van der Waals surface area contributed by atoms with Crippen molar-refractivity contribution >= 4 is 23.5 Å². The van der Waals surface area contributed by atoms with Crippen LogP contribution in [0.1, 0.15) is 6.23 Å². The number of hydrogen-bond donors (Lipinski definition) is 10. The average molecular weight is 659 g/mol. The number of hydrogen-bond acceptors (Lipinski definition) is 17. The molecule has 0 radical (unpaired) electrons. The zero-order valence-electron chi connectivity index (χ0n) is 20.6. The van der Waals surface area contributed by atoms with Crippen molar-refractivity contribution in [1.29, 1.82) is 0 Å². The van der Waals surface area contributed by atoms with Crippen LogP contribution in [-0.4, -0.2) is 119 Å². The van der Waals surface area contributed by atoms with Crippen LogP contribution in [0.3, 0.4) is 0 Å². The maximum absolute atomic E-state index is 12.3. The highest BCUT2D eigenvalue weighted by molar-refractivity contribution is 7.66.